The molecular weight excluding hydrogens is 641 g/mol. The number of hydrogen-bond donors (Lipinski definition) is 1. The summed E-state index contributed by atoms with van der Waals surface area (Å²) in [7, 11) is 0. The number of benzene rings is 3. The molecule has 0 aliphatic heterocycles. The first-order chi connectivity index (χ1) is 25.8. The Morgan fingerprint density at radius 3 is 2.17 bits per heavy atom. The minimum Gasteiger partial charge on any atom is -0.390 e. The van der Waals surface area contributed by atoms with Crippen molar-refractivity contribution in [3.8, 4) is 11.1 Å². The Balaban J connectivity index is 0.00000477. The minimum atomic E-state index is 0.195. The van der Waals surface area contributed by atoms with Gasteiger partial charge in [-0.2, -0.15) is 0 Å². The van der Waals surface area contributed by atoms with Crippen LogP contribution in [-0.4, -0.2) is 12.8 Å². The van der Waals surface area contributed by atoms with E-state index in [9.17, 15) is 0 Å². The molecule has 0 spiro atoms. The molecule has 1 atom stereocenters. The highest BCUT2D eigenvalue weighted by Crippen LogP contribution is 2.41. The predicted octanol–water partition coefficient (Wildman–Crippen LogP) is 14.7. The summed E-state index contributed by atoms with van der Waals surface area (Å²) >= 11 is 0. The first-order valence-electron chi connectivity index (χ1n) is 19.0. The topological polar surface area (TPSA) is 24.4 Å². The Kier molecular flexibility index (Phi) is 20.3. The quantitative estimate of drug-likeness (QED) is 0.104. The zero-order valence-electron chi connectivity index (χ0n) is 33.6. The van der Waals surface area contributed by atoms with Crippen LogP contribution in [0.1, 0.15) is 78.0 Å². The molecule has 0 aliphatic rings. The fraction of sp³-hybridized carbons (Fsp3) is 0.235. The summed E-state index contributed by atoms with van der Waals surface area (Å²) in [6.45, 7) is 29.7. The number of aliphatic imine (C=N–C) groups is 1. The molecule has 3 aromatic carbocycles. The highest BCUT2D eigenvalue weighted by atomic mass is 14.9. The van der Waals surface area contributed by atoms with Crippen LogP contribution in [-0.2, 0) is 0 Å². The molecule has 3 aromatic rings. The van der Waals surface area contributed by atoms with E-state index in [0.29, 0.717) is 6.42 Å². The van der Waals surface area contributed by atoms with Crippen LogP contribution in [0.15, 0.2) is 181 Å². The van der Waals surface area contributed by atoms with Crippen LogP contribution in [0.2, 0.25) is 0 Å². The Bertz CT molecular complexity index is 1930. The molecule has 0 bridgehead atoms. The lowest BCUT2D eigenvalue weighted by Crippen LogP contribution is -2.04. The smallest absolute Gasteiger partial charge is 0.0593 e. The van der Waals surface area contributed by atoms with Crippen molar-refractivity contribution < 1.29 is 0 Å². The van der Waals surface area contributed by atoms with Crippen molar-refractivity contribution in [1.82, 2.24) is 5.32 Å². The van der Waals surface area contributed by atoms with Gasteiger partial charge in [0.05, 0.1) is 5.70 Å². The van der Waals surface area contributed by atoms with Crippen molar-refractivity contribution in [2.45, 2.75) is 68.2 Å². The maximum Gasteiger partial charge on any atom is 0.0593 e. The second-order valence-corrected chi connectivity index (χ2v) is 12.5. The molecule has 53 heavy (non-hydrogen) atoms. The monoisotopic (exact) mass is 702 g/mol. The van der Waals surface area contributed by atoms with Crippen LogP contribution in [0.25, 0.3) is 33.5 Å². The Morgan fingerprint density at radius 1 is 0.868 bits per heavy atom. The number of allylic oxidation sites excluding steroid dienone is 16. The van der Waals surface area contributed by atoms with Gasteiger partial charge >= 0.3 is 0 Å². The molecule has 2 heteroatoms. The molecular formula is C51H62N2. The predicted molar refractivity (Wildman–Crippen MR) is 241 cm³/mol. The van der Waals surface area contributed by atoms with Gasteiger partial charge in [0.25, 0.3) is 0 Å². The molecule has 0 amide bonds. The van der Waals surface area contributed by atoms with E-state index in [1.807, 2.05) is 51.4 Å². The van der Waals surface area contributed by atoms with Gasteiger partial charge in [-0.05, 0) is 96.3 Å². The van der Waals surface area contributed by atoms with Crippen molar-refractivity contribution in [1.29, 1.82) is 0 Å². The van der Waals surface area contributed by atoms with E-state index < -0.39 is 0 Å². The number of rotatable bonds is 18. The van der Waals surface area contributed by atoms with Crippen molar-refractivity contribution >= 4 is 28.6 Å². The molecule has 0 saturated heterocycles. The van der Waals surface area contributed by atoms with Crippen molar-refractivity contribution in [3.63, 3.8) is 0 Å². The van der Waals surface area contributed by atoms with Crippen LogP contribution >= 0.6 is 0 Å². The molecule has 0 aliphatic carbocycles. The van der Waals surface area contributed by atoms with Gasteiger partial charge in [0, 0.05) is 31.3 Å². The molecule has 2 nitrogen and oxygen atoms in total. The van der Waals surface area contributed by atoms with Crippen LogP contribution in [0.3, 0.4) is 0 Å². The number of hydrogen-bond acceptors (Lipinski definition) is 2. The maximum absolute atomic E-state index is 4.88. The lowest BCUT2D eigenvalue weighted by molar-refractivity contribution is 0.894. The fourth-order valence-electron chi connectivity index (χ4n) is 5.92. The molecule has 1 unspecified atom stereocenters. The third kappa shape index (κ3) is 13.5. The first-order valence-corrected chi connectivity index (χ1v) is 19.0. The largest absolute Gasteiger partial charge is 0.390 e. The third-order valence-corrected chi connectivity index (χ3v) is 8.51. The summed E-state index contributed by atoms with van der Waals surface area (Å²) in [5, 5.41) is 5.79. The third-order valence-electron chi connectivity index (χ3n) is 8.51. The molecule has 0 heterocycles. The van der Waals surface area contributed by atoms with E-state index in [-0.39, 0.29) is 5.92 Å². The molecule has 0 saturated carbocycles. The van der Waals surface area contributed by atoms with E-state index in [0.717, 1.165) is 35.4 Å². The van der Waals surface area contributed by atoms with E-state index in [1.54, 1.807) is 0 Å². The summed E-state index contributed by atoms with van der Waals surface area (Å²) in [4.78, 5) is 4.88. The first kappa shape index (κ1) is 43.7. The van der Waals surface area contributed by atoms with Gasteiger partial charge in [0.1, 0.15) is 0 Å². The number of fused-ring (bicyclic) bond motifs is 1. The van der Waals surface area contributed by atoms with Gasteiger partial charge in [0.2, 0.25) is 0 Å². The average Bonchev–Trinajstić information content (AvgIpc) is 3.18. The Hall–Kier alpha value is -5.47. The zero-order valence-corrected chi connectivity index (χ0v) is 33.6. The second-order valence-electron chi connectivity index (χ2n) is 12.5. The normalized spacial score (nSPS) is 13.9. The van der Waals surface area contributed by atoms with E-state index >= 15 is 0 Å². The van der Waals surface area contributed by atoms with Gasteiger partial charge < -0.3 is 5.32 Å². The highest BCUT2D eigenvalue weighted by Gasteiger charge is 2.19. The number of nitrogens with one attached hydrogen (secondary N) is 1. The van der Waals surface area contributed by atoms with E-state index in [4.69, 9.17) is 4.99 Å². The lowest BCUT2D eigenvalue weighted by Gasteiger charge is -2.21. The second kappa shape index (κ2) is 24.7. The van der Waals surface area contributed by atoms with Gasteiger partial charge in [0.15, 0.2) is 0 Å². The highest BCUT2D eigenvalue weighted by molar-refractivity contribution is 6.08. The van der Waals surface area contributed by atoms with Crippen LogP contribution in [0, 0.1) is 12.8 Å². The fourth-order valence-corrected chi connectivity index (χ4v) is 5.92. The van der Waals surface area contributed by atoms with Gasteiger partial charge in [-0.3, -0.25) is 4.99 Å². The SMILES string of the molecule is C=C/C=C(\C=C/C)c1c(/C=C(\C=C)CC(=CC/C(=C/NCC)N=CC(C)/C=C\C=C(\C)C=C)/C=C\C)c(C)c(-c2ccccc2)c2ccccc12.CC. The van der Waals surface area contributed by atoms with Crippen LogP contribution < -0.4 is 5.32 Å². The zero-order chi connectivity index (χ0) is 39.0. The standard InChI is InChI=1S/C49H56N2.C2H6/c1-10-22-41(31-32-44(36-50-15-6)51-35-38(8)26-21-25-37(7)13-4)33-40(14-5)34-47-39(9)48(43-27-17-16-18-28-43)45-29-19-20-30-46(45)49(47)42(23-11-2)24-12-3;1-2/h10-14,16-31,34-36,38,50H,2,4-5,15,32-33H2,1,3,6-9H3;1-2H3/b22-10-,24-12-,26-21-,37-25-,40-34+,41-31?,42-23+,44-36-,51-35?;. The summed E-state index contributed by atoms with van der Waals surface area (Å²) in [5.74, 6) is 0.195. The van der Waals surface area contributed by atoms with Crippen LogP contribution in [0.5, 0.6) is 0 Å². The summed E-state index contributed by atoms with van der Waals surface area (Å²) < 4.78 is 0. The van der Waals surface area contributed by atoms with E-state index in [1.165, 1.54) is 44.2 Å². The molecule has 0 fully saturated rings. The van der Waals surface area contributed by atoms with Gasteiger partial charge in [-0.1, -0.05) is 180 Å². The summed E-state index contributed by atoms with van der Waals surface area (Å²) in [6, 6.07) is 19.4. The van der Waals surface area contributed by atoms with Gasteiger partial charge in [-0.25, -0.2) is 0 Å². The number of nitrogens with zero attached hydrogens (tertiary/aromatic N) is 1. The van der Waals surface area contributed by atoms with Gasteiger partial charge in [-0.15, -0.1) is 0 Å². The lowest BCUT2D eigenvalue weighted by atomic mass is 9.82. The molecule has 0 radical (unpaired) electrons. The van der Waals surface area contributed by atoms with Crippen LogP contribution in [0.4, 0.5) is 0 Å². The maximum atomic E-state index is 4.88. The average molecular weight is 703 g/mol. The van der Waals surface area contributed by atoms with Crippen molar-refractivity contribution in [2.24, 2.45) is 10.9 Å². The van der Waals surface area contributed by atoms with E-state index in [2.05, 4.69) is 175 Å². The Morgan fingerprint density at radius 2 is 1.55 bits per heavy atom. The van der Waals surface area contributed by atoms with Crippen molar-refractivity contribution in [2.75, 3.05) is 6.54 Å². The minimum absolute atomic E-state index is 0.195. The molecule has 3 rings (SSSR count). The summed E-state index contributed by atoms with van der Waals surface area (Å²) in [5.41, 5.74) is 11.6. The molecule has 0 aromatic heterocycles. The Labute approximate surface area is 322 Å². The van der Waals surface area contributed by atoms with Crippen molar-refractivity contribution in [3.05, 3.63) is 193 Å². The molecule has 276 valence electrons. The summed E-state index contributed by atoms with van der Waals surface area (Å²) in [6.07, 6.45) is 32.7. The molecule has 1 N–H and O–H groups in total.